The van der Waals surface area contributed by atoms with E-state index in [4.69, 9.17) is 14.2 Å². The number of hydrogen-bond acceptors (Lipinski definition) is 6. The van der Waals surface area contributed by atoms with E-state index in [1.807, 2.05) is 0 Å². The third kappa shape index (κ3) is 39.7. The summed E-state index contributed by atoms with van der Waals surface area (Å²) in [4.78, 5) is 26.9. The molecule has 0 saturated carbocycles. The molecule has 0 N–H and O–H groups in total. The van der Waals surface area contributed by atoms with Crippen molar-refractivity contribution in [2.24, 2.45) is 11.8 Å². The van der Waals surface area contributed by atoms with Gasteiger partial charge < -0.3 is 19.1 Å². The standard InChI is InChI=1S/C50H99NO5/c1-7-11-23-32-46(33-24-12-8-2)40-44-55-49(52)38-29-21-17-15-19-27-36-48(54-43-31-42-51(5)6)37-28-20-16-18-22-30-39-50(53)56-45-41-47(34-25-13-9-3)35-26-14-10-4/h46-48H,7-45H2,1-6H3. The molecule has 0 aromatic heterocycles. The van der Waals surface area contributed by atoms with Crippen LogP contribution in [-0.2, 0) is 23.8 Å². The fourth-order valence-electron chi connectivity index (χ4n) is 8.06. The van der Waals surface area contributed by atoms with Crippen molar-refractivity contribution < 1.29 is 23.8 Å². The van der Waals surface area contributed by atoms with Crippen molar-refractivity contribution in [3.8, 4) is 0 Å². The molecule has 0 bridgehead atoms. The lowest BCUT2D eigenvalue weighted by Crippen LogP contribution is -2.18. The molecule has 0 unspecified atom stereocenters. The van der Waals surface area contributed by atoms with Crippen molar-refractivity contribution in [2.45, 2.75) is 259 Å². The van der Waals surface area contributed by atoms with Crippen LogP contribution in [-0.4, -0.2) is 63.4 Å². The second-order valence-corrected chi connectivity index (χ2v) is 17.7. The number of ether oxygens (including phenoxy) is 3. The van der Waals surface area contributed by atoms with Crippen LogP contribution in [0.2, 0.25) is 0 Å². The number of nitrogens with zero attached hydrogens (tertiary/aromatic N) is 1. The van der Waals surface area contributed by atoms with Crippen LogP contribution in [0.5, 0.6) is 0 Å². The first-order valence-electron chi connectivity index (χ1n) is 24.9. The fourth-order valence-corrected chi connectivity index (χ4v) is 8.06. The summed E-state index contributed by atoms with van der Waals surface area (Å²) in [6.45, 7) is 12.2. The van der Waals surface area contributed by atoms with Crippen molar-refractivity contribution in [2.75, 3.05) is 40.5 Å². The monoisotopic (exact) mass is 794 g/mol. The van der Waals surface area contributed by atoms with Gasteiger partial charge in [-0.25, -0.2) is 0 Å². The molecule has 0 aromatic rings. The molecule has 0 saturated heterocycles. The van der Waals surface area contributed by atoms with Crippen LogP contribution in [0.15, 0.2) is 0 Å². The number of carbonyl (C=O) groups is 2. The van der Waals surface area contributed by atoms with Crippen molar-refractivity contribution in [1.29, 1.82) is 0 Å². The van der Waals surface area contributed by atoms with Crippen LogP contribution in [0.3, 0.4) is 0 Å². The van der Waals surface area contributed by atoms with Crippen molar-refractivity contribution in [3.05, 3.63) is 0 Å². The molecule has 0 amide bonds. The highest BCUT2D eigenvalue weighted by atomic mass is 16.5. The Bertz CT molecular complexity index is 741. The lowest BCUT2D eigenvalue weighted by molar-refractivity contribution is -0.145. The van der Waals surface area contributed by atoms with E-state index in [2.05, 4.69) is 46.7 Å². The van der Waals surface area contributed by atoms with Crippen molar-refractivity contribution in [3.63, 3.8) is 0 Å². The Morgan fingerprint density at radius 2 is 0.732 bits per heavy atom. The van der Waals surface area contributed by atoms with Crippen LogP contribution in [0.1, 0.15) is 252 Å². The Labute approximate surface area is 350 Å². The van der Waals surface area contributed by atoms with E-state index < -0.39 is 0 Å². The summed E-state index contributed by atoms with van der Waals surface area (Å²) >= 11 is 0. The van der Waals surface area contributed by atoms with Crippen molar-refractivity contribution >= 4 is 11.9 Å². The lowest BCUT2D eigenvalue weighted by Gasteiger charge is -2.19. The van der Waals surface area contributed by atoms with Gasteiger partial charge in [-0.05, 0) is 77.4 Å². The molecule has 0 heterocycles. The molecule has 0 aliphatic carbocycles. The molecule has 0 radical (unpaired) electrons. The first-order valence-corrected chi connectivity index (χ1v) is 24.9. The maximum absolute atomic E-state index is 12.4. The third-order valence-electron chi connectivity index (χ3n) is 11.9. The van der Waals surface area contributed by atoms with E-state index in [1.165, 1.54) is 154 Å². The zero-order valence-corrected chi connectivity index (χ0v) is 38.8. The fraction of sp³-hybridized carbons (Fsp3) is 0.960. The summed E-state index contributed by atoms with van der Waals surface area (Å²) in [5.41, 5.74) is 0. The predicted octanol–water partition coefficient (Wildman–Crippen LogP) is 15.0. The van der Waals surface area contributed by atoms with Gasteiger partial charge >= 0.3 is 11.9 Å². The van der Waals surface area contributed by atoms with Gasteiger partial charge in [0.1, 0.15) is 0 Å². The molecule has 0 rings (SSSR count). The zero-order valence-electron chi connectivity index (χ0n) is 38.8. The largest absolute Gasteiger partial charge is 0.466 e. The van der Waals surface area contributed by atoms with Crippen LogP contribution in [0, 0.1) is 11.8 Å². The molecular formula is C50H99NO5. The number of carbonyl (C=O) groups excluding carboxylic acids is 2. The van der Waals surface area contributed by atoms with Gasteiger partial charge in [-0.15, -0.1) is 0 Å². The summed E-state index contributed by atoms with van der Waals surface area (Å²) in [7, 11) is 4.26. The van der Waals surface area contributed by atoms with E-state index in [0.717, 1.165) is 82.8 Å². The highest BCUT2D eigenvalue weighted by molar-refractivity contribution is 5.69. The average molecular weight is 794 g/mol. The Balaban J connectivity index is 4.12. The average Bonchev–Trinajstić information content (AvgIpc) is 3.18. The summed E-state index contributed by atoms with van der Waals surface area (Å²) < 4.78 is 17.7. The molecule has 0 aliphatic heterocycles. The molecule has 0 atom stereocenters. The molecule has 0 spiro atoms. The molecular weight excluding hydrogens is 695 g/mol. The Morgan fingerprint density at radius 3 is 1.09 bits per heavy atom. The lowest BCUT2D eigenvalue weighted by atomic mass is 9.92. The SMILES string of the molecule is CCCCCC(CCCCC)CCOC(=O)CCCCCCCCC(CCCCCCCCC(=O)OCCC(CCCCC)CCCCC)OCCCN(C)C. The first-order chi connectivity index (χ1) is 27.4. The van der Waals surface area contributed by atoms with Gasteiger partial charge in [0.05, 0.1) is 19.3 Å². The third-order valence-corrected chi connectivity index (χ3v) is 11.9. The van der Waals surface area contributed by atoms with Gasteiger partial charge in [0.25, 0.3) is 0 Å². The van der Waals surface area contributed by atoms with Gasteiger partial charge in [-0.2, -0.15) is 0 Å². The predicted molar refractivity (Wildman–Crippen MR) is 241 cm³/mol. The maximum atomic E-state index is 12.4. The summed E-state index contributed by atoms with van der Waals surface area (Å²) in [5, 5.41) is 0. The highest BCUT2D eigenvalue weighted by Crippen LogP contribution is 2.23. The summed E-state index contributed by atoms with van der Waals surface area (Å²) in [6, 6.07) is 0. The van der Waals surface area contributed by atoms with E-state index in [0.29, 0.717) is 32.2 Å². The van der Waals surface area contributed by atoms with Crippen LogP contribution >= 0.6 is 0 Å². The molecule has 0 aromatic carbocycles. The molecule has 56 heavy (non-hydrogen) atoms. The van der Waals surface area contributed by atoms with Gasteiger partial charge in [-0.3, -0.25) is 9.59 Å². The van der Waals surface area contributed by atoms with Crippen LogP contribution in [0.25, 0.3) is 0 Å². The zero-order chi connectivity index (χ0) is 41.2. The first kappa shape index (κ1) is 54.9. The number of hydrogen-bond donors (Lipinski definition) is 0. The number of unbranched alkanes of at least 4 members (excludes halogenated alkanes) is 18. The quantitative estimate of drug-likeness (QED) is 0.0452. The maximum Gasteiger partial charge on any atom is 0.305 e. The van der Waals surface area contributed by atoms with Crippen LogP contribution in [0.4, 0.5) is 0 Å². The molecule has 6 nitrogen and oxygen atoms in total. The minimum atomic E-state index is 0.00454. The van der Waals surface area contributed by atoms with Gasteiger partial charge in [0, 0.05) is 19.4 Å². The number of rotatable bonds is 45. The Hall–Kier alpha value is -1.14. The number of esters is 2. The Kier molecular flexibility index (Phi) is 42.6. The molecule has 0 fully saturated rings. The molecule has 0 aliphatic rings. The minimum Gasteiger partial charge on any atom is -0.466 e. The van der Waals surface area contributed by atoms with E-state index >= 15 is 0 Å². The van der Waals surface area contributed by atoms with Gasteiger partial charge in [0.15, 0.2) is 0 Å². The molecule has 334 valence electrons. The second-order valence-electron chi connectivity index (χ2n) is 17.7. The van der Waals surface area contributed by atoms with E-state index in [-0.39, 0.29) is 11.9 Å². The van der Waals surface area contributed by atoms with Crippen LogP contribution < -0.4 is 0 Å². The molecule has 6 heteroatoms. The topological polar surface area (TPSA) is 65.1 Å². The van der Waals surface area contributed by atoms with Gasteiger partial charge in [0.2, 0.25) is 0 Å². The van der Waals surface area contributed by atoms with E-state index in [1.54, 1.807) is 0 Å². The van der Waals surface area contributed by atoms with E-state index in [9.17, 15) is 9.59 Å². The highest BCUT2D eigenvalue weighted by Gasteiger charge is 2.13. The smallest absolute Gasteiger partial charge is 0.305 e. The second kappa shape index (κ2) is 43.4. The van der Waals surface area contributed by atoms with Gasteiger partial charge in [-0.1, -0.05) is 195 Å². The Morgan fingerprint density at radius 1 is 0.393 bits per heavy atom. The van der Waals surface area contributed by atoms with Crippen molar-refractivity contribution in [1.82, 2.24) is 4.90 Å². The minimum absolute atomic E-state index is 0.00454. The normalized spacial score (nSPS) is 11.8. The summed E-state index contributed by atoms with van der Waals surface area (Å²) in [6.07, 6.45) is 41.8. The summed E-state index contributed by atoms with van der Waals surface area (Å²) in [5.74, 6) is 1.45.